The fourth-order valence-electron chi connectivity index (χ4n) is 6.57. The fraction of sp³-hybridized carbons (Fsp3) is 0.618. The van der Waals surface area contributed by atoms with Gasteiger partial charge in [-0.2, -0.15) is 0 Å². The molecule has 1 N–H and O–H groups in total. The van der Waals surface area contributed by atoms with Crippen molar-refractivity contribution >= 4 is 19.8 Å². The molecule has 1 heterocycles. The molecule has 5 atom stereocenters. The number of ketones is 1. The van der Waals surface area contributed by atoms with Crippen molar-refractivity contribution in [3.8, 4) is 5.75 Å². The Morgan fingerprint density at radius 2 is 1.82 bits per heavy atom. The quantitative estimate of drug-likeness (QED) is 0.324. The van der Waals surface area contributed by atoms with E-state index in [1.165, 1.54) is 5.56 Å². The van der Waals surface area contributed by atoms with Gasteiger partial charge in [0.1, 0.15) is 17.3 Å². The van der Waals surface area contributed by atoms with Gasteiger partial charge in [-0.15, -0.1) is 0 Å². The van der Waals surface area contributed by atoms with Gasteiger partial charge in [-0.25, -0.2) is 4.39 Å². The molecular weight excluding hydrogens is 517 g/mol. The first-order chi connectivity index (χ1) is 18.9. The predicted octanol–water partition coefficient (Wildman–Crippen LogP) is 8.77. The van der Waals surface area contributed by atoms with Gasteiger partial charge in [-0.3, -0.25) is 4.79 Å². The van der Waals surface area contributed by atoms with Gasteiger partial charge < -0.3 is 14.5 Å². The van der Waals surface area contributed by atoms with Crippen molar-refractivity contribution in [2.24, 2.45) is 17.8 Å². The number of fused-ring (bicyclic) bond motifs is 3. The first-order valence-electron chi connectivity index (χ1n) is 15.2. The molecule has 0 radical (unpaired) electrons. The van der Waals surface area contributed by atoms with Crippen LogP contribution in [-0.4, -0.2) is 33.9 Å². The monoisotopic (exact) mass is 567 g/mol. The summed E-state index contributed by atoms with van der Waals surface area (Å²) < 4.78 is 26.8. The maximum absolute atomic E-state index is 14.4. The Hall–Kier alpha value is -2.18. The number of Topliss-reactive ketones (excluding diaryl/α,β-unsaturated/α-hetero) is 1. The second kappa shape index (κ2) is 12.8. The highest BCUT2D eigenvalue weighted by Gasteiger charge is 2.45. The zero-order chi connectivity index (χ0) is 29.1. The molecule has 2 aliphatic rings. The fourth-order valence-corrected chi connectivity index (χ4v) is 7.61. The molecule has 0 amide bonds. The molecule has 2 aromatic rings. The SMILES string of the molecule is COc1ccc2c(c1)NC1C2CCC(CCc2ccccc2F)CCCC(C(C)=O)C1CO[Si](C)(C)C(C)(C)C. The molecule has 0 aromatic heterocycles. The Balaban J connectivity index is 1.62. The largest absolute Gasteiger partial charge is 0.497 e. The summed E-state index contributed by atoms with van der Waals surface area (Å²) in [5, 5.41) is 3.98. The third kappa shape index (κ3) is 6.99. The van der Waals surface area contributed by atoms with Gasteiger partial charge in [-0.05, 0) is 86.3 Å². The van der Waals surface area contributed by atoms with Crippen LogP contribution in [0, 0.1) is 23.6 Å². The molecular formula is C34H50FNO3Si. The summed E-state index contributed by atoms with van der Waals surface area (Å²) in [6, 6.07) is 13.7. The van der Waals surface area contributed by atoms with Crippen LogP contribution in [0.3, 0.4) is 0 Å². The molecule has 220 valence electrons. The molecule has 1 fully saturated rings. The van der Waals surface area contributed by atoms with E-state index in [2.05, 4.69) is 57.4 Å². The summed E-state index contributed by atoms with van der Waals surface area (Å²) in [6.45, 7) is 13.8. The molecule has 40 heavy (non-hydrogen) atoms. The molecule has 5 unspecified atom stereocenters. The Labute approximate surface area is 242 Å². The number of nitrogens with one attached hydrogen (secondary N) is 1. The first-order valence-corrected chi connectivity index (χ1v) is 18.1. The van der Waals surface area contributed by atoms with E-state index < -0.39 is 8.32 Å². The lowest BCUT2D eigenvalue weighted by molar-refractivity contribution is -0.123. The minimum atomic E-state index is -1.99. The van der Waals surface area contributed by atoms with E-state index in [0.717, 1.165) is 61.9 Å². The zero-order valence-corrected chi connectivity index (χ0v) is 26.7. The van der Waals surface area contributed by atoms with E-state index in [1.807, 2.05) is 12.1 Å². The summed E-state index contributed by atoms with van der Waals surface area (Å²) in [5.41, 5.74) is 3.25. The molecule has 1 saturated carbocycles. The highest BCUT2D eigenvalue weighted by atomic mass is 28.4. The maximum Gasteiger partial charge on any atom is 0.191 e. The number of rotatable bonds is 8. The molecule has 0 saturated heterocycles. The van der Waals surface area contributed by atoms with Gasteiger partial charge in [0, 0.05) is 42.2 Å². The normalized spacial score (nSPS) is 25.4. The van der Waals surface area contributed by atoms with Crippen molar-refractivity contribution in [2.45, 2.75) is 103 Å². The lowest BCUT2D eigenvalue weighted by Gasteiger charge is -2.41. The van der Waals surface area contributed by atoms with Gasteiger partial charge in [0.15, 0.2) is 8.32 Å². The number of anilines is 1. The third-order valence-electron chi connectivity index (χ3n) is 10.2. The third-order valence-corrected chi connectivity index (χ3v) is 14.7. The summed E-state index contributed by atoms with van der Waals surface area (Å²) in [6.07, 6.45) is 6.85. The molecule has 0 spiro atoms. The van der Waals surface area contributed by atoms with Crippen LogP contribution in [0.1, 0.15) is 83.3 Å². The van der Waals surface area contributed by atoms with Crippen molar-refractivity contribution in [2.75, 3.05) is 19.0 Å². The Morgan fingerprint density at radius 1 is 1.07 bits per heavy atom. The van der Waals surface area contributed by atoms with Crippen LogP contribution in [0.4, 0.5) is 10.1 Å². The number of methoxy groups -OCH3 is 1. The maximum atomic E-state index is 14.4. The highest BCUT2D eigenvalue weighted by molar-refractivity contribution is 6.74. The van der Waals surface area contributed by atoms with Crippen molar-refractivity contribution in [3.05, 3.63) is 59.4 Å². The standard InChI is InChI=1S/C34H50FNO3Si/c1-23(37)27-13-10-11-24(15-17-25-12-8-9-14-31(25)35)16-19-29-28-20-18-26(38-5)21-32(28)36-33(29)30(27)22-39-40(6,7)34(2,3)4/h8-9,12,14,18,20-21,24,27,29-30,33,36H,10-11,13,15-17,19,22H2,1-7H3. The highest BCUT2D eigenvalue weighted by Crippen LogP contribution is 2.48. The number of benzene rings is 2. The lowest BCUT2D eigenvalue weighted by atomic mass is 9.72. The summed E-state index contributed by atoms with van der Waals surface area (Å²) >= 11 is 0. The van der Waals surface area contributed by atoms with Crippen LogP contribution in [0.5, 0.6) is 5.75 Å². The van der Waals surface area contributed by atoms with Crippen molar-refractivity contribution in [1.82, 2.24) is 0 Å². The average molecular weight is 568 g/mol. The van der Waals surface area contributed by atoms with Crippen LogP contribution < -0.4 is 10.1 Å². The molecule has 4 nitrogen and oxygen atoms in total. The van der Waals surface area contributed by atoms with E-state index in [1.54, 1.807) is 26.2 Å². The predicted molar refractivity (Wildman–Crippen MR) is 165 cm³/mol. The van der Waals surface area contributed by atoms with Gasteiger partial charge in [-0.1, -0.05) is 57.9 Å². The van der Waals surface area contributed by atoms with E-state index in [9.17, 15) is 9.18 Å². The van der Waals surface area contributed by atoms with Crippen molar-refractivity contribution in [3.63, 3.8) is 0 Å². The van der Waals surface area contributed by atoms with E-state index in [4.69, 9.17) is 9.16 Å². The first kappa shape index (κ1) is 30.8. The van der Waals surface area contributed by atoms with E-state index >= 15 is 0 Å². The van der Waals surface area contributed by atoms with Crippen LogP contribution >= 0.6 is 0 Å². The van der Waals surface area contributed by atoms with Crippen molar-refractivity contribution in [1.29, 1.82) is 0 Å². The van der Waals surface area contributed by atoms with Gasteiger partial charge in [0.05, 0.1) is 7.11 Å². The minimum Gasteiger partial charge on any atom is -0.497 e. The number of ether oxygens (including phenoxy) is 1. The molecule has 1 aliphatic carbocycles. The minimum absolute atomic E-state index is 0.0497. The molecule has 1 aliphatic heterocycles. The number of carbonyl (C=O) groups excluding carboxylic acids is 1. The topological polar surface area (TPSA) is 47.6 Å². The second-order valence-corrected chi connectivity index (χ2v) is 18.5. The van der Waals surface area contributed by atoms with Crippen LogP contribution in [0.15, 0.2) is 42.5 Å². The number of hydrogen-bond donors (Lipinski definition) is 1. The number of carbonyl (C=O) groups is 1. The average Bonchev–Trinajstić information content (AvgIpc) is 3.26. The van der Waals surface area contributed by atoms with Gasteiger partial charge in [0.25, 0.3) is 0 Å². The van der Waals surface area contributed by atoms with Gasteiger partial charge in [0.2, 0.25) is 0 Å². The Morgan fingerprint density at radius 3 is 2.50 bits per heavy atom. The van der Waals surface area contributed by atoms with Crippen molar-refractivity contribution < 1.29 is 18.3 Å². The van der Waals surface area contributed by atoms with Crippen LogP contribution in [0.25, 0.3) is 0 Å². The summed E-state index contributed by atoms with van der Waals surface area (Å²) in [4.78, 5) is 13.3. The molecule has 2 aromatic carbocycles. The number of hydrogen-bond acceptors (Lipinski definition) is 4. The number of halogens is 1. The smallest absolute Gasteiger partial charge is 0.191 e. The van der Waals surface area contributed by atoms with Crippen LogP contribution in [0.2, 0.25) is 18.1 Å². The summed E-state index contributed by atoms with van der Waals surface area (Å²) in [5.74, 6) is 1.86. The van der Waals surface area contributed by atoms with E-state index in [0.29, 0.717) is 18.4 Å². The Kier molecular flexibility index (Phi) is 9.82. The molecule has 4 rings (SSSR count). The molecule has 0 bridgehead atoms. The number of aryl methyl sites for hydroxylation is 1. The van der Waals surface area contributed by atoms with E-state index in [-0.39, 0.29) is 34.5 Å². The lowest BCUT2D eigenvalue weighted by Crippen LogP contribution is -2.47. The van der Waals surface area contributed by atoms with Crippen LogP contribution in [-0.2, 0) is 15.6 Å². The second-order valence-electron chi connectivity index (χ2n) is 13.7. The van der Waals surface area contributed by atoms with Gasteiger partial charge >= 0.3 is 0 Å². The zero-order valence-electron chi connectivity index (χ0n) is 25.7. The Bertz CT molecular complexity index is 1160. The molecule has 6 heteroatoms. The summed E-state index contributed by atoms with van der Waals surface area (Å²) in [7, 11) is -0.287.